The normalized spacial score (nSPS) is 12.1. The Kier molecular flexibility index (Phi) is 3.47. The maximum absolute atomic E-state index is 5.13. The van der Waals surface area contributed by atoms with Crippen LogP contribution in [-0.4, -0.2) is 20.3 Å². The molecule has 0 bridgehead atoms. The van der Waals surface area contributed by atoms with E-state index in [4.69, 9.17) is 4.52 Å². The van der Waals surface area contributed by atoms with E-state index in [1.807, 2.05) is 13.8 Å². The van der Waals surface area contributed by atoms with Crippen molar-refractivity contribution in [2.45, 2.75) is 50.9 Å². The minimum atomic E-state index is -0.0294. The van der Waals surface area contributed by atoms with E-state index in [9.17, 15) is 0 Å². The molecule has 0 spiro atoms. The highest BCUT2D eigenvalue weighted by Crippen LogP contribution is 2.25. The van der Waals surface area contributed by atoms with E-state index in [1.165, 1.54) is 0 Å². The van der Waals surface area contributed by atoms with Crippen LogP contribution in [-0.2, 0) is 11.2 Å². The van der Waals surface area contributed by atoms with E-state index in [0.717, 1.165) is 33.8 Å². The Morgan fingerprint density at radius 2 is 2.00 bits per heavy atom. The second kappa shape index (κ2) is 4.76. The summed E-state index contributed by atoms with van der Waals surface area (Å²) in [4.78, 5) is 4.49. The van der Waals surface area contributed by atoms with Gasteiger partial charge in [-0.2, -0.15) is 5.10 Å². The Morgan fingerprint density at radius 3 is 2.50 bits per heavy atom. The van der Waals surface area contributed by atoms with E-state index >= 15 is 0 Å². The molecule has 0 fully saturated rings. The van der Waals surface area contributed by atoms with Gasteiger partial charge in [0.05, 0.1) is 5.69 Å². The molecule has 0 aliphatic rings. The fraction of sp³-hybridized carbons (Fsp3) is 0.583. The summed E-state index contributed by atoms with van der Waals surface area (Å²) in [7, 11) is 0. The molecule has 0 aromatic carbocycles. The zero-order valence-electron chi connectivity index (χ0n) is 11.4. The Balaban J connectivity index is 2.05. The van der Waals surface area contributed by atoms with Gasteiger partial charge in [-0.05, 0) is 13.8 Å². The molecule has 2 rings (SSSR count). The van der Waals surface area contributed by atoms with Crippen LogP contribution >= 0.6 is 11.8 Å². The largest absolute Gasteiger partial charge is 0.361 e. The van der Waals surface area contributed by atoms with Crippen LogP contribution in [0.3, 0.4) is 0 Å². The van der Waals surface area contributed by atoms with Gasteiger partial charge < -0.3 is 4.52 Å². The first-order chi connectivity index (χ1) is 8.38. The molecule has 2 heterocycles. The summed E-state index contributed by atoms with van der Waals surface area (Å²) < 4.78 is 5.13. The number of H-pyrrole nitrogens is 1. The van der Waals surface area contributed by atoms with Gasteiger partial charge in [0.2, 0.25) is 0 Å². The first kappa shape index (κ1) is 13.1. The quantitative estimate of drug-likeness (QED) is 0.865. The lowest BCUT2D eigenvalue weighted by atomic mass is 9.96. The van der Waals surface area contributed by atoms with Crippen molar-refractivity contribution < 1.29 is 4.52 Å². The summed E-state index contributed by atoms with van der Waals surface area (Å²) in [5, 5.41) is 12.0. The number of aromatic nitrogens is 4. The highest BCUT2D eigenvalue weighted by molar-refractivity contribution is 7.98. The molecule has 0 saturated carbocycles. The van der Waals surface area contributed by atoms with Gasteiger partial charge in [-0.1, -0.05) is 37.7 Å². The van der Waals surface area contributed by atoms with Gasteiger partial charge >= 0.3 is 0 Å². The fourth-order valence-electron chi connectivity index (χ4n) is 1.50. The first-order valence-electron chi connectivity index (χ1n) is 5.85. The number of nitrogens with one attached hydrogen (secondary N) is 1. The topological polar surface area (TPSA) is 67.6 Å². The SMILES string of the molecule is Cc1noc(C)c1CSc1nc(C(C)(C)C)n[nH]1. The molecule has 98 valence electrons. The Labute approximate surface area is 111 Å². The molecular weight excluding hydrogens is 248 g/mol. The minimum Gasteiger partial charge on any atom is -0.361 e. The number of aromatic amines is 1. The van der Waals surface area contributed by atoms with Crippen molar-refractivity contribution in [3.05, 3.63) is 22.8 Å². The van der Waals surface area contributed by atoms with Crippen molar-refractivity contribution in [2.75, 3.05) is 0 Å². The Hall–Kier alpha value is -1.30. The summed E-state index contributed by atoms with van der Waals surface area (Å²) >= 11 is 1.61. The maximum Gasteiger partial charge on any atom is 0.184 e. The molecule has 0 aliphatic carbocycles. The van der Waals surface area contributed by atoms with Crippen molar-refractivity contribution in [3.63, 3.8) is 0 Å². The third kappa shape index (κ3) is 2.75. The van der Waals surface area contributed by atoms with Crippen LogP contribution in [0.2, 0.25) is 0 Å². The third-order valence-electron chi connectivity index (χ3n) is 2.67. The zero-order chi connectivity index (χ0) is 13.3. The average molecular weight is 266 g/mol. The number of aryl methyl sites for hydroxylation is 2. The summed E-state index contributed by atoms with van der Waals surface area (Å²) in [6.07, 6.45) is 0. The number of hydrogen-bond acceptors (Lipinski definition) is 5. The lowest BCUT2D eigenvalue weighted by molar-refractivity contribution is 0.392. The highest BCUT2D eigenvalue weighted by atomic mass is 32.2. The molecule has 2 aromatic heterocycles. The second-order valence-electron chi connectivity index (χ2n) is 5.31. The number of hydrogen-bond donors (Lipinski definition) is 1. The molecule has 1 N–H and O–H groups in total. The van der Waals surface area contributed by atoms with Crippen molar-refractivity contribution in [3.8, 4) is 0 Å². The molecular formula is C12H18N4OS. The van der Waals surface area contributed by atoms with E-state index in [2.05, 4.69) is 41.1 Å². The van der Waals surface area contributed by atoms with Gasteiger partial charge in [0, 0.05) is 16.7 Å². The standard InChI is InChI=1S/C12H18N4OS/c1-7-9(8(2)17-16-7)6-18-11-13-10(14-15-11)12(3,4)5/h6H2,1-5H3,(H,13,14,15). The molecule has 0 unspecified atom stereocenters. The molecule has 0 atom stereocenters. The molecule has 0 aliphatic heterocycles. The summed E-state index contributed by atoms with van der Waals surface area (Å²) in [5.74, 6) is 2.50. The van der Waals surface area contributed by atoms with Gasteiger partial charge in [-0.25, -0.2) is 4.98 Å². The second-order valence-corrected chi connectivity index (χ2v) is 6.27. The van der Waals surface area contributed by atoms with E-state index in [0.29, 0.717) is 0 Å². The van der Waals surface area contributed by atoms with Crippen LogP contribution in [0.5, 0.6) is 0 Å². The van der Waals surface area contributed by atoms with Gasteiger partial charge in [-0.15, -0.1) is 0 Å². The highest BCUT2D eigenvalue weighted by Gasteiger charge is 2.19. The lowest BCUT2D eigenvalue weighted by Gasteiger charge is -2.11. The molecule has 18 heavy (non-hydrogen) atoms. The van der Waals surface area contributed by atoms with Crippen LogP contribution in [0, 0.1) is 13.8 Å². The van der Waals surface area contributed by atoms with Crippen LogP contribution in [0.25, 0.3) is 0 Å². The Morgan fingerprint density at radius 1 is 1.28 bits per heavy atom. The van der Waals surface area contributed by atoms with Crippen LogP contribution < -0.4 is 0 Å². The predicted octanol–water partition coefficient (Wildman–Crippen LogP) is 3.00. The molecule has 0 amide bonds. The lowest BCUT2D eigenvalue weighted by Crippen LogP contribution is -2.13. The average Bonchev–Trinajstić information content (AvgIpc) is 2.84. The summed E-state index contributed by atoms with van der Waals surface area (Å²) in [6.45, 7) is 10.2. The molecule has 2 aromatic rings. The maximum atomic E-state index is 5.13. The van der Waals surface area contributed by atoms with Crippen LogP contribution in [0.1, 0.15) is 43.6 Å². The smallest absolute Gasteiger partial charge is 0.184 e. The zero-order valence-corrected chi connectivity index (χ0v) is 12.2. The molecule has 0 saturated heterocycles. The predicted molar refractivity (Wildman–Crippen MR) is 70.6 cm³/mol. The number of nitrogens with zero attached hydrogens (tertiary/aromatic N) is 3. The van der Waals surface area contributed by atoms with Gasteiger partial charge in [-0.3, -0.25) is 5.10 Å². The van der Waals surface area contributed by atoms with E-state index < -0.39 is 0 Å². The van der Waals surface area contributed by atoms with Crippen LogP contribution in [0.15, 0.2) is 9.68 Å². The van der Waals surface area contributed by atoms with Crippen molar-refractivity contribution in [1.29, 1.82) is 0 Å². The molecule has 5 nitrogen and oxygen atoms in total. The Bertz CT molecular complexity index is 519. The van der Waals surface area contributed by atoms with E-state index in [-0.39, 0.29) is 5.41 Å². The number of rotatable bonds is 3. The van der Waals surface area contributed by atoms with Crippen LogP contribution in [0.4, 0.5) is 0 Å². The minimum absolute atomic E-state index is 0.0294. The fourth-order valence-corrected chi connectivity index (χ4v) is 2.45. The summed E-state index contributed by atoms with van der Waals surface area (Å²) in [5.41, 5.74) is 2.04. The van der Waals surface area contributed by atoms with Gasteiger partial charge in [0.25, 0.3) is 0 Å². The van der Waals surface area contributed by atoms with Crippen molar-refractivity contribution in [1.82, 2.24) is 20.3 Å². The summed E-state index contributed by atoms with van der Waals surface area (Å²) in [6, 6.07) is 0. The van der Waals surface area contributed by atoms with E-state index in [1.54, 1.807) is 11.8 Å². The van der Waals surface area contributed by atoms with Gasteiger partial charge in [0.1, 0.15) is 5.76 Å². The molecule has 6 heteroatoms. The van der Waals surface area contributed by atoms with Crippen molar-refractivity contribution >= 4 is 11.8 Å². The van der Waals surface area contributed by atoms with Crippen molar-refractivity contribution in [2.24, 2.45) is 0 Å². The van der Waals surface area contributed by atoms with Gasteiger partial charge in [0.15, 0.2) is 11.0 Å². The number of thioether (sulfide) groups is 1. The molecule has 0 radical (unpaired) electrons. The third-order valence-corrected chi connectivity index (χ3v) is 3.56. The monoisotopic (exact) mass is 266 g/mol. The first-order valence-corrected chi connectivity index (χ1v) is 6.84.